The van der Waals surface area contributed by atoms with Crippen molar-refractivity contribution in [1.29, 1.82) is 0 Å². The van der Waals surface area contributed by atoms with Crippen molar-refractivity contribution in [3.8, 4) is 0 Å². The lowest BCUT2D eigenvalue weighted by molar-refractivity contribution is -0.384. The SMILES string of the molecule is O=C(Nc1cccc([N+](=O)[O-])c1)[C@@H]1CC12CCC2. The summed E-state index contributed by atoms with van der Waals surface area (Å²) < 4.78 is 0. The number of nitrogens with one attached hydrogen (secondary N) is 1. The zero-order valence-electron chi connectivity index (χ0n) is 9.89. The number of non-ortho nitro benzene ring substituents is 1. The Morgan fingerprint density at radius 1 is 1.44 bits per heavy atom. The van der Waals surface area contributed by atoms with Gasteiger partial charge >= 0.3 is 0 Å². The van der Waals surface area contributed by atoms with E-state index in [4.69, 9.17) is 0 Å². The lowest BCUT2D eigenvalue weighted by Crippen LogP contribution is -2.23. The molecule has 0 saturated heterocycles. The van der Waals surface area contributed by atoms with Gasteiger partial charge in [-0.05, 0) is 30.7 Å². The molecule has 0 aliphatic heterocycles. The van der Waals surface area contributed by atoms with E-state index in [0.29, 0.717) is 5.69 Å². The first-order chi connectivity index (χ1) is 8.61. The number of nitro groups is 1. The van der Waals surface area contributed by atoms with Gasteiger partial charge in [0.1, 0.15) is 0 Å². The minimum absolute atomic E-state index is 0.00181. The van der Waals surface area contributed by atoms with Gasteiger partial charge in [0.05, 0.1) is 4.92 Å². The maximum Gasteiger partial charge on any atom is 0.271 e. The van der Waals surface area contributed by atoms with Crippen molar-refractivity contribution >= 4 is 17.3 Å². The van der Waals surface area contributed by atoms with Crippen LogP contribution in [-0.2, 0) is 4.79 Å². The Bertz CT molecular complexity index is 523. The highest BCUT2D eigenvalue weighted by molar-refractivity contribution is 5.95. The molecule has 0 aromatic heterocycles. The summed E-state index contributed by atoms with van der Waals surface area (Å²) in [7, 11) is 0. The molecule has 1 aromatic rings. The van der Waals surface area contributed by atoms with Crippen LogP contribution in [0.3, 0.4) is 0 Å². The number of carbonyl (C=O) groups is 1. The van der Waals surface area contributed by atoms with Gasteiger partial charge in [-0.3, -0.25) is 14.9 Å². The van der Waals surface area contributed by atoms with Crippen molar-refractivity contribution in [2.24, 2.45) is 11.3 Å². The molecule has 94 valence electrons. The summed E-state index contributed by atoms with van der Waals surface area (Å²) in [6.45, 7) is 0. The molecule has 2 saturated carbocycles. The second-order valence-electron chi connectivity index (χ2n) is 5.27. The number of anilines is 1. The molecular formula is C13H14N2O3. The van der Waals surface area contributed by atoms with Crippen LogP contribution in [0.2, 0.25) is 0 Å². The fourth-order valence-electron chi connectivity index (χ4n) is 2.83. The van der Waals surface area contributed by atoms with Gasteiger partial charge in [0.15, 0.2) is 0 Å². The van der Waals surface area contributed by atoms with E-state index in [-0.39, 0.29) is 22.9 Å². The molecule has 0 heterocycles. The van der Waals surface area contributed by atoms with Crippen molar-refractivity contribution in [2.75, 3.05) is 5.32 Å². The smallest absolute Gasteiger partial charge is 0.271 e. The van der Waals surface area contributed by atoms with Crippen molar-refractivity contribution in [3.05, 3.63) is 34.4 Å². The number of nitro benzene ring substituents is 1. The average molecular weight is 246 g/mol. The summed E-state index contributed by atoms with van der Waals surface area (Å²) in [5, 5.41) is 13.4. The van der Waals surface area contributed by atoms with Gasteiger partial charge in [0.25, 0.3) is 5.69 Å². The molecule has 5 nitrogen and oxygen atoms in total. The standard InChI is InChI=1S/C13H14N2O3/c16-12(11-8-13(11)5-2-6-13)14-9-3-1-4-10(7-9)15(17)18/h1,3-4,7,11H,2,5-6,8H2,(H,14,16)/t11-/m0/s1. The summed E-state index contributed by atoms with van der Waals surface area (Å²) in [5.41, 5.74) is 0.794. The van der Waals surface area contributed by atoms with Gasteiger partial charge in [0, 0.05) is 23.7 Å². The Hall–Kier alpha value is -1.91. The molecule has 1 amide bonds. The lowest BCUT2D eigenvalue weighted by Gasteiger charge is -2.26. The van der Waals surface area contributed by atoms with E-state index >= 15 is 0 Å². The van der Waals surface area contributed by atoms with E-state index in [9.17, 15) is 14.9 Å². The molecule has 2 fully saturated rings. The molecule has 3 rings (SSSR count). The number of benzene rings is 1. The Kier molecular flexibility index (Phi) is 2.36. The second kappa shape index (κ2) is 3.80. The van der Waals surface area contributed by atoms with Gasteiger partial charge in [0.2, 0.25) is 5.91 Å². The predicted molar refractivity (Wildman–Crippen MR) is 66.1 cm³/mol. The van der Waals surface area contributed by atoms with E-state index in [1.54, 1.807) is 12.1 Å². The molecule has 0 radical (unpaired) electrons. The molecule has 1 N–H and O–H groups in total. The van der Waals surface area contributed by atoms with Crippen molar-refractivity contribution in [1.82, 2.24) is 0 Å². The van der Waals surface area contributed by atoms with Gasteiger partial charge < -0.3 is 5.32 Å². The van der Waals surface area contributed by atoms with E-state index in [1.165, 1.54) is 18.6 Å². The Morgan fingerprint density at radius 3 is 2.78 bits per heavy atom. The van der Waals surface area contributed by atoms with Crippen LogP contribution in [0.4, 0.5) is 11.4 Å². The van der Waals surface area contributed by atoms with Gasteiger partial charge in [-0.1, -0.05) is 12.5 Å². The van der Waals surface area contributed by atoms with Crippen LogP contribution in [0, 0.1) is 21.4 Å². The molecule has 1 spiro atoms. The Balaban J connectivity index is 1.67. The predicted octanol–water partition coefficient (Wildman–Crippen LogP) is 2.72. The topological polar surface area (TPSA) is 72.2 Å². The van der Waals surface area contributed by atoms with E-state index in [0.717, 1.165) is 19.3 Å². The first-order valence-electron chi connectivity index (χ1n) is 6.16. The van der Waals surface area contributed by atoms with Crippen molar-refractivity contribution in [2.45, 2.75) is 25.7 Å². The molecule has 1 atom stereocenters. The highest BCUT2D eigenvalue weighted by atomic mass is 16.6. The molecule has 0 bridgehead atoms. The first-order valence-corrected chi connectivity index (χ1v) is 6.16. The Morgan fingerprint density at radius 2 is 2.22 bits per heavy atom. The monoisotopic (exact) mass is 246 g/mol. The average Bonchev–Trinajstić information content (AvgIpc) is 3.04. The third-order valence-electron chi connectivity index (χ3n) is 4.18. The van der Waals surface area contributed by atoms with Crippen molar-refractivity contribution < 1.29 is 9.72 Å². The number of hydrogen-bond acceptors (Lipinski definition) is 3. The fraction of sp³-hybridized carbons (Fsp3) is 0.462. The van der Waals surface area contributed by atoms with Crippen LogP contribution in [0.25, 0.3) is 0 Å². The highest BCUT2D eigenvalue weighted by Crippen LogP contribution is 2.65. The van der Waals surface area contributed by atoms with Crippen LogP contribution < -0.4 is 5.32 Å². The summed E-state index contributed by atoms with van der Waals surface area (Å²) in [4.78, 5) is 22.2. The quantitative estimate of drug-likeness (QED) is 0.658. The molecule has 2 aliphatic carbocycles. The maximum atomic E-state index is 12.0. The summed E-state index contributed by atoms with van der Waals surface area (Å²) in [6.07, 6.45) is 4.51. The maximum absolute atomic E-state index is 12.0. The number of amides is 1. The fourth-order valence-corrected chi connectivity index (χ4v) is 2.83. The molecule has 0 unspecified atom stereocenters. The number of rotatable bonds is 3. The van der Waals surface area contributed by atoms with Crippen molar-refractivity contribution in [3.63, 3.8) is 0 Å². The molecule has 1 aromatic carbocycles. The summed E-state index contributed by atoms with van der Waals surface area (Å²) in [5.74, 6) is 0.126. The van der Waals surface area contributed by atoms with Gasteiger partial charge in [-0.2, -0.15) is 0 Å². The van der Waals surface area contributed by atoms with Crippen LogP contribution in [0.1, 0.15) is 25.7 Å². The lowest BCUT2D eigenvalue weighted by atomic mass is 9.79. The van der Waals surface area contributed by atoms with Gasteiger partial charge in [-0.15, -0.1) is 0 Å². The van der Waals surface area contributed by atoms with E-state index in [1.807, 2.05) is 0 Å². The molecule has 5 heteroatoms. The van der Waals surface area contributed by atoms with Crippen LogP contribution in [0.15, 0.2) is 24.3 Å². The van der Waals surface area contributed by atoms with Crippen LogP contribution in [0.5, 0.6) is 0 Å². The second-order valence-corrected chi connectivity index (χ2v) is 5.27. The zero-order valence-corrected chi connectivity index (χ0v) is 9.89. The molecule has 2 aliphatic rings. The third-order valence-corrected chi connectivity index (χ3v) is 4.18. The molecule has 18 heavy (non-hydrogen) atoms. The largest absolute Gasteiger partial charge is 0.326 e. The number of nitrogens with zero attached hydrogens (tertiary/aromatic N) is 1. The normalized spacial score (nSPS) is 23.2. The summed E-state index contributed by atoms with van der Waals surface area (Å²) >= 11 is 0. The van der Waals surface area contributed by atoms with Crippen LogP contribution >= 0.6 is 0 Å². The number of hydrogen-bond donors (Lipinski definition) is 1. The summed E-state index contributed by atoms with van der Waals surface area (Å²) in [6, 6.07) is 6.08. The van der Waals surface area contributed by atoms with E-state index in [2.05, 4.69) is 5.32 Å². The Labute approximate surface area is 104 Å². The first kappa shape index (κ1) is 11.2. The molecular weight excluding hydrogens is 232 g/mol. The minimum Gasteiger partial charge on any atom is -0.326 e. The third kappa shape index (κ3) is 1.75. The van der Waals surface area contributed by atoms with Gasteiger partial charge in [-0.25, -0.2) is 0 Å². The highest BCUT2D eigenvalue weighted by Gasteiger charge is 2.60. The minimum atomic E-state index is -0.458. The zero-order chi connectivity index (χ0) is 12.8. The van der Waals surface area contributed by atoms with E-state index < -0.39 is 4.92 Å². The number of carbonyl (C=O) groups excluding carboxylic acids is 1. The van der Waals surface area contributed by atoms with Crippen LogP contribution in [-0.4, -0.2) is 10.8 Å².